The molecule has 0 amide bonds. The second-order valence-electron chi connectivity index (χ2n) is 5.88. The molecule has 5 nitrogen and oxygen atoms in total. The fourth-order valence-electron chi connectivity index (χ4n) is 2.71. The van der Waals surface area contributed by atoms with E-state index in [1.807, 2.05) is 0 Å². The van der Waals surface area contributed by atoms with Crippen molar-refractivity contribution in [1.82, 2.24) is 15.0 Å². The third-order valence-corrected chi connectivity index (χ3v) is 4.34. The Labute approximate surface area is 107 Å². The maximum Gasteiger partial charge on any atom is 0.232 e. The molecule has 18 heavy (non-hydrogen) atoms. The van der Waals surface area contributed by atoms with Crippen LogP contribution in [0.25, 0.3) is 0 Å². The molecule has 3 rings (SSSR count). The zero-order valence-electron chi connectivity index (χ0n) is 11.2. The predicted molar refractivity (Wildman–Crippen MR) is 66.6 cm³/mol. The van der Waals surface area contributed by atoms with Crippen molar-refractivity contribution in [2.24, 2.45) is 0 Å². The summed E-state index contributed by atoms with van der Waals surface area (Å²) in [5, 5.41) is 4.16. The summed E-state index contributed by atoms with van der Waals surface area (Å²) in [5.74, 6) is 1.98. The minimum absolute atomic E-state index is 0.0528. The predicted octanol–water partition coefficient (Wildman–Crippen LogP) is 1.56. The molecule has 0 unspecified atom stereocenters. The molecule has 2 fully saturated rings. The highest BCUT2D eigenvalue weighted by molar-refractivity contribution is 5.08. The number of hydrogen-bond acceptors (Lipinski definition) is 5. The zero-order valence-corrected chi connectivity index (χ0v) is 11.2. The monoisotopic (exact) mass is 251 g/mol. The quantitative estimate of drug-likeness (QED) is 0.798. The van der Waals surface area contributed by atoms with E-state index in [1.165, 1.54) is 0 Å². The van der Waals surface area contributed by atoms with Gasteiger partial charge in [-0.1, -0.05) is 12.1 Å². The van der Waals surface area contributed by atoms with Crippen LogP contribution in [0, 0.1) is 0 Å². The van der Waals surface area contributed by atoms with E-state index in [-0.39, 0.29) is 5.41 Å². The minimum Gasteiger partial charge on any atom is -0.381 e. The van der Waals surface area contributed by atoms with Gasteiger partial charge in [-0.3, -0.25) is 0 Å². The Morgan fingerprint density at radius 1 is 1.33 bits per heavy atom. The first-order valence-electron chi connectivity index (χ1n) is 6.78. The lowest BCUT2D eigenvalue weighted by molar-refractivity contribution is 0.165. The van der Waals surface area contributed by atoms with E-state index < -0.39 is 0 Å². The number of nitrogens with zero attached hydrogens (tertiary/aromatic N) is 3. The smallest absolute Gasteiger partial charge is 0.232 e. The van der Waals surface area contributed by atoms with Crippen LogP contribution >= 0.6 is 0 Å². The number of ether oxygens (including phenoxy) is 1. The third kappa shape index (κ3) is 2.17. The summed E-state index contributed by atoms with van der Waals surface area (Å²) in [6, 6.07) is 0. The topological polar surface area (TPSA) is 51.4 Å². The van der Waals surface area contributed by atoms with E-state index in [9.17, 15) is 0 Å². The van der Waals surface area contributed by atoms with Crippen molar-refractivity contribution in [2.75, 3.05) is 33.4 Å². The van der Waals surface area contributed by atoms with Gasteiger partial charge < -0.3 is 14.2 Å². The van der Waals surface area contributed by atoms with E-state index in [0.29, 0.717) is 5.92 Å². The first-order chi connectivity index (χ1) is 8.67. The molecule has 0 bridgehead atoms. The molecule has 3 heterocycles. The average Bonchev–Trinajstić information content (AvgIpc) is 3.01. The number of aromatic nitrogens is 2. The molecule has 0 aromatic carbocycles. The SMILES string of the molecule is CN1CCC(C)(c2nc([C@H]3CCOC3)no2)CC1. The van der Waals surface area contributed by atoms with E-state index in [2.05, 4.69) is 29.0 Å². The maximum absolute atomic E-state index is 5.52. The number of piperidine rings is 1. The second-order valence-corrected chi connectivity index (χ2v) is 5.88. The lowest BCUT2D eigenvalue weighted by Gasteiger charge is -2.34. The summed E-state index contributed by atoms with van der Waals surface area (Å²) in [4.78, 5) is 6.99. The maximum atomic E-state index is 5.52. The van der Waals surface area contributed by atoms with Gasteiger partial charge >= 0.3 is 0 Å². The zero-order chi connectivity index (χ0) is 12.6. The van der Waals surface area contributed by atoms with Crippen molar-refractivity contribution in [3.63, 3.8) is 0 Å². The molecule has 2 aliphatic rings. The molecule has 2 aliphatic heterocycles. The van der Waals surface area contributed by atoms with Crippen LogP contribution in [-0.2, 0) is 10.2 Å². The standard InChI is InChI=1S/C13H21N3O2/c1-13(4-6-16(2)7-5-13)12-14-11(15-18-12)10-3-8-17-9-10/h10H,3-9H2,1-2H3/t10-/m0/s1. The largest absolute Gasteiger partial charge is 0.381 e. The molecule has 0 aliphatic carbocycles. The van der Waals surface area contributed by atoms with Gasteiger partial charge in [0.25, 0.3) is 0 Å². The first kappa shape index (κ1) is 12.1. The molecule has 0 N–H and O–H groups in total. The summed E-state index contributed by atoms with van der Waals surface area (Å²) >= 11 is 0. The van der Waals surface area contributed by atoms with Crippen LogP contribution in [0.4, 0.5) is 0 Å². The molecule has 1 atom stereocenters. The van der Waals surface area contributed by atoms with Crippen LogP contribution < -0.4 is 0 Å². The van der Waals surface area contributed by atoms with Crippen molar-refractivity contribution in [3.05, 3.63) is 11.7 Å². The molecule has 2 saturated heterocycles. The van der Waals surface area contributed by atoms with Crippen LogP contribution in [0.3, 0.4) is 0 Å². The Morgan fingerprint density at radius 3 is 2.78 bits per heavy atom. The summed E-state index contributed by atoms with van der Waals surface area (Å²) in [5.41, 5.74) is 0.0528. The van der Waals surface area contributed by atoms with Gasteiger partial charge in [0.1, 0.15) is 0 Å². The molecule has 0 saturated carbocycles. The fraction of sp³-hybridized carbons (Fsp3) is 0.846. The Kier molecular flexibility index (Phi) is 3.11. The Balaban J connectivity index is 1.75. The highest BCUT2D eigenvalue weighted by Gasteiger charge is 2.36. The fourth-order valence-corrected chi connectivity index (χ4v) is 2.71. The summed E-state index contributed by atoms with van der Waals surface area (Å²) in [6.07, 6.45) is 3.19. The summed E-state index contributed by atoms with van der Waals surface area (Å²) in [6.45, 7) is 5.99. The highest BCUT2D eigenvalue weighted by atomic mass is 16.5. The van der Waals surface area contributed by atoms with Gasteiger partial charge in [-0.05, 0) is 39.4 Å². The van der Waals surface area contributed by atoms with Crippen molar-refractivity contribution < 1.29 is 9.26 Å². The molecular weight excluding hydrogens is 230 g/mol. The normalized spacial score (nSPS) is 28.7. The molecule has 0 spiro atoms. The van der Waals surface area contributed by atoms with Gasteiger partial charge in [0.2, 0.25) is 5.89 Å². The molecular formula is C13H21N3O2. The number of rotatable bonds is 2. The molecule has 0 radical (unpaired) electrons. The van der Waals surface area contributed by atoms with Crippen molar-refractivity contribution >= 4 is 0 Å². The molecule has 100 valence electrons. The van der Waals surface area contributed by atoms with Crippen LogP contribution in [0.15, 0.2) is 4.52 Å². The first-order valence-corrected chi connectivity index (χ1v) is 6.78. The van der Waals surface area contributed by atoms with Crippen molar-refractivity contribution in [1.29, 1.82) is 0 Å². The van der Waals surface area contributed by atoms with Gasteiger partial charge in [-0.2, -0.15) is 4.98 Å². The Bertz CT molecular complexity index is 404. The third-order valence-electron chi connectivity index (χ3n) is 4.34. The average molecular weight is 251 g/mol. The Hall–Kier alpha value is -0.940. The van der Waals surface area contributed by atoms with Gasteiger partial charge in [0.15, 0.2) is 5.82 Å². The van der Waals surface area contributed by atoms with Gasteiger partial charge in [0, 0.05) is 17.9 Å². The van der Waals surface area contributed by atoms with Crippen LogP contribution in [0.1, 0.15) is 43.8 Å². The van der Waals surface area contributed by atoms with E-state index in [4.69, 9.17) is 9.26 Å². The molecule has 5 heteroatoms. The van der Waals surface area contributed by atoms with E-state index in [1.54, 1.807) is 0 Å². The number of hydrogen-bond donors (Lipinski definition) is 0. The lowest BCUT2D eigenvalue weighted by Crippen LogP contribution is -2.39. The second kappa shape index (κ2) is 4.63. The Morgan fingerprint density at radius 2 is 2.11 bits per heavy atom. The number of likely N-dealkylation sites (tertiary alicyclic amines) is 1. The van der Waals surface area contributed by atoms with Gasteiger partial charge in [-0.15, -0.1) is 0 Å². The van der Waals surface area contributed by atoms with Crippen LogP contribution in [0.2, 0.25) is 0 Å². The molecule has 1 aromatic rings. The highest BCUT2D eigenvalue weighted by Crippen LogP contribution is 2.34. The van der Waals surface area contributed by atoms with Crippen molar-refractivity contribution in [3.8, 4) is 0 Å². The van der Waals surface area contributed by atoms with E-state index >= 15 is 0 Å². The van der Waals surface area contributed by atoms with E-state index in [0.717, 1.165) is 57.3 Å². The van der Waals surface area contributed by atoms with Crippen LogP contribution in [-0.4, -0.2) is 48.4 Å². The lowest BCUT2D eigenvalue weighted by atomic mass is 9.80. The summed E-state index contributed by atoms with van der Waals surface area (Å²) in [7, 11) is 2.16. The minimum atomic E-state index is 0.0528. The van der Waals surface area contributed by atoms with Gasteiger partial charge in [-0.25, -0.2) is 0 Å². The van der Waals surface area contributed by atoms with Crippen LogP contribution in [0.5, 0.6) is 0 Å². The van der Waals surface area contributed by atoms with Gasteiger partial charge in [0.05, 0.1) is 6.61 Å². The van der Waals surface area contributed by atoms with Crippen molar-refractivity contribution in [2.45, 2.75) is 37.5 Å². The molecule has 1 aromatic heterocycles. The summed E-state index contributed by atoms with van der Waals surface area (Å²) < 4.78 is 10.9.